The van der Waals surface area contributed by atoms with Crippen LogP contribution in [0.3, 0.4) is 0 Å². The zero-order chi connectivity index (χ0) is 32.3. The lowest BCUT2D eigenvalue weighted by Crippen LogP contribution is -2.47. The summed E-state index contributed by atoms with van der Waals surface area (Å²) in [6.07, 6.45) is 1.09. The summed E-state index contributed by atoms with van der Waals surface area (Å²) < 4.78 is 0. The van der Waals surface area contributed by atoms with Crippen LogP contribution in [0.25, 0.3) is 0 Å². The molecule has 1 fully saturated rings. The van der Waals surface area contributed by atoms with Gasteiger partial charge in [-0.05, 0) is 59.5 Å². The van der Waals surface area contributed by atoms with Crippen molar-refractivity contribution >= 4 is 86.7 Å². The Bertz CT molecular complexity index is 1250. The van der Waals surface area contributed by atoms with Crippen molar-refractivity contribution in [2.24, 2.45) is 0 Å². The first kappa shape index (κ1) is 36.6. The average molecular weight is 734 g/mol. The molecule has 0 spiro atoms. The molecule has 4 rings (SSSR count). The quantitative estimate of drug-likeness (QED) is 0.136. The zero-order valence-corrected chi connectivity index (χ0v) is 30.6. The number of anilines is 3. The van der Waals surface area contributed by atoms with Crippen LogP contribution < -0.4 is 14.7 Å². The number of hydrogen-bond donors (Lipinski definition) is 0. The van der Waals surface area contributed by atoms with E-state index in [9.17, 15) is 0 Å². The molecule has 246 valence electrons. The van der Waals surface area contributed by atoms with Crippen LogP contribution in [0.2, 0.25) is 10.0 Å². The summed E-state index contributed by atoms with van der Waals surface area (Å²) in [5.74, 6) is 2.11. The van der Waals surface area contributed by atoms with Crippen LogP contribution in [-0.2, 0) is 13.1 Å². The van der Waals surface area contributed by atoms with E-state index in [2.05, 4.69) is 87.1 Å². The van der Waals surface area contributed by atoms with Gasteiger partial charge in [0.1, 0.15) is 0 Å². The molecule has 1 aliphatic heterocycles. The van der Waals surface area contributed by atoms with Gasteiger partial charge in [0.05, 0.1) is 6.17 Å². The van der Waals surface area contributed by atoms with E-state index >= 15 is 0 Å². The Labute approximate surface area is 299 Å². The van der Waals surface area contributed by atoms with Gasteiger partial charge in [0.2, 0.25) is 0 Å². The minimum Gasteiger partial charge on any atom is -0.378 e. The predicted octanol–water partition coefficient (Wildman–Crippen LogP) is 9.03. The van der Waals surface area contributed by atoms with E-state index in [0.29, 0.717) is 23.5 Å². The summed E-state index contributed by atoms with van der Waals surface area (Å²) >= 11 is 38.1. The van der Waals surface area contributed by atoms with Crippen molar-refractivity contribution in [3.05, 3.63) is 87.4 Å². The van der Waals surface area contributed by atoms with Gasteiger partial charge in [-0.15, -0.1) is 46.4 Å². The highest BCUT2D eigenvalue weighted by Crippen LogP contribution is 2.36. The molecule has 3 aromatic carbocycles. The Balaban J connectivity index is 1.63. The van der Waals surface area contributed by atoms with Crippen molar-refractivity contribution in [2.45, 2.75) is 25.7 Å². The van der Waals surface area contributed by atoms with Crippen molar-refractivity contribution in [3.8, 4) is 0 Å². The normalized spacial score (nSPS) is 14.6. The summed E-state index contributed by atoms with van der Waals surface area (Å²) in [6.45, 7) is 6.23. The molecule has 0 radical (unpaired) electrons. The predicted molar refractivity (Wildman–Crippen MR) is 199 cm³/mol. The molecular formula is C34H43Cl6N5. The smallest absolute Gasteiger partial charge is 0.0892 e. The molecule has 0 N–H and O–H groups in total. The topological polar surface area (TPSA) is 16.2 Å². The Hall–Kier alpha value is -1.28. The van der Waals surface area contributed by atoms with Gasteiger partial charge < -0.3 is 14.7 Å². The standard InChI is InChI=1S/C34H43Cl6N5/c1-41(2)29-8-4-26(5-9-29)34-44(24-27-6-10-30(22-32(27)39)42(18-12-35)19-13-36)16-3-17-45(34)25-28-7-11-31(23-33(28)40)43(20-14-37)21-15-38/h4-11,22-23,34H,3,12-21,24-25H2,1-2H3. The van der Waals surface area contributed by atoms with Gasteiger partial charge in [0.25, 0.3) is 0 Å². The molecule has 45 heavy (non-hydrogen) atoms. The molecule has 0 saturated carbocycles. The molecule has 1 saturated heterocycles. The molecule has 0 unspecified atom stereocenters. The number of hydrogen-bond acceptors (Lipinski definition) is 5. The van der Waals surface area contributed by atoms with Crippen molar-refractivity contribution in [3.63, 3.8) is 0 Å². The number of rotatable bonds is 16. The Morgan fingerprint density at radius 3 is 1.36 bits per heavy atom. The SMILES string of the molecule is CN(C)c1ccc(C2N(Cc3ccc(N(CCCl)CCCl)cc3Cl)CCCN2Cc2ccc(N(CCCl)CCCl)cc2Cl)cc1. The fourth-order valence-corrected chi connectivity index (χ4v) is 7.24. The van der Waals surface area contributed by atoms with Gasteiger partial charge in [0.15, 0.2) is 0 Å². The van der Waals surface area contributed by atoms with E-state index in [1.165, 1.54) is 11.3 Å². The second-order valence-electron chi connectivity index (χ2n) is 11.4. The molecule has 0 aromatic heterocycles. The molecule has 1 heterocycles. The first-order valence-corrected chi connectivity index (χ1v) is 18.2. The number of benzene rings is 3. The molecule has 0 atom stereocenters. The lowest BCUT2D eigenvalue weighted by atomic mass is 10.0. The van der Waals surface area contributed by atoms with Crippen molar-refractivity contribution in [1.29, 1.82) is 0 Å². The molecule has 11 heteroatoms. The van der Waals surface area contributed by atoms with Gasteiger partial charge >= 0.3 is 0 Å². The van der Waals surface area contributed by atoms with E-state index in [1.54, 1.807) is 0 Å². The highest BCUT2D eigenvalue weighted by Gasteiger charge is 2.32. The summed E-state index contributed by atoms with van der Waals surface area (Å²) in [7, 11) is 4.13. The maximum Gasteiger partial charge on any atom is 0.0892 e. The summed E-state index contributed by atoms with van der Waals surface area (Å²) in [5, 5.41) is 1.50. The van der Waals surface area contributed by atoms with Crippen LogP contribution >= 0.6 is 69.6 Å². The maximum absolute atomic E-state index is 6.94. The third kappa shape index (κ3) is 9.87. The molecular weight excluding hydrogens is 691 g/mol. The highest BCUT2D eigenvalue weighted by molar-refractivity contribution is 6.32. The maximum atomic E-state index is 6.94. The first-order valence-electron chi connectivity index (χ1n) is 15.4. The third-order valence-corrected chi connectivity index (χ3v) is 9.64. The average Bonchev–Trinajstić information content (AvgIpc) is 3.03. The van der Waals surface area contributed by atoms with Crippen molar-refractivity contribution in [2.75, 3.05) is 91.6 Å². The van der Waals surface area contributed by atoms with Gasteiger partial charge in [0, 0.05) is 117 Å². The molecule has 1 aliphatic rings. The van der Waals surface area contributed by atoms with Gasteiger partial charge in [-0.3, -0.25) is 9.80 Å². The van der Waals surface area contributed by atoms with E-state index in [-0.39, 0.29) is 6.17 Å². The molecule has 0 bridgehead atoms. The molecule has 0 aliphatic carbocycles. The van der Waals surface area contributed by atoms with Crippen LogP contribution in [0.1, 0.15) is 29.3 Å². The van der Waals surface area contributed by atoms with E-state index < -0.39 is 0 Å². The number of alkyl halides is 4. The summed E-state index contributed by atoms with van der Waals surface area (Å²) in [5.41, 5.74) is 6.67. The van der Waals surface area contributed by atoms with Crippen LogP contribution in [0.5, 0.6) is 0 Å². The first-order chi connectivity index (χ1) is 21.8. The van der Waals surface area contributed by atoms with Crippen LogP contribution in [0.15, 0.2) is 60.7 Å². The molecule has 0 amide bonds. The van der Waals surface area contributed by atoms with Gasteiger partial charge in [-0.1, -0.05) is 47.5 Å². The Morgan fingerprint density at radius 2 is 1.00 bits per heavy atom. The summed E-state index contributed by atoms with van der Waals surface area (Å²) in [4.78, 5) is 11.5. The van der Waals surface area contributed by atoms with Crippen LogP contribution in [-0.4, -0.2) is 86.7 Å². The second-order valence-corrected chi connectivity index (χ2v) is 13.8. The molecule has 3 aromatic rings. The minimum atomic E-state index is 0.0504. The Kier molecular flexibility index (Phi) is 14.9. The largest absolute Gasteiger partial charge is 0.378 e. The zero-order valence-electron chi connectivity index (χ0n) is 26.0. The van der Waals surface area contributed by atoms with Gasteiger partial charge in [-0.25, -0.2) is 0 Å². The monoisotopic (exact) mass is 731 g/mol. The van der Waals surface area contributed by atoms with Crippen LogP contribution in [0.4, 0.5) is 17.1 Å². The van der Waals surface area contributed by atoms with Crippen LogP contribution in [0, 0.1) is 0 Å². The van der Waals surface area contributed by atoms with E-state index in [0.717, 1.165) is 91.3 Å². The molecule has 5 nitrogen and oxygen atoms in total. The Morgan fingerprint density at radius 1 is 0.600 bits per heavy atom. The number of nitrogens with zero attached hydrogens (tertiary/aromatic N) is 5. The lowest BCUT2D eigenvalue weighted by Gasteiger charge is -2.44. The van der Waals surface area contributed by atoms with E-state index in [1.807, 2.05) is 12.1 Å². The van der Waals surface area contributed by atoms with Gasteiger partial charge in [-0.2, -0.15) is 0 Å². The third-order valence-electron chi connectivity index (χ3n) is 8.26. The van der Waals surface area contributed by atoms with Crippen molar-refractivity contribution in [1.82, 2.24) is 9.80 Å². The lowest BCUT2D eigenvalue weighted by molar-refractivity contribution is -0.00904. The van der Waals surface area contributed by atoms with Crippen molar-refractivity contribution < 1.29 is 0 Å². The number of halogens is 6. The highest BCUT2D eigenvalue weighted by atomic mass is 35.5. The fourth-order valence-electron chi connectivity index (χ4n) is 5.96. The van der Waals surface area contributed by atoms with E-state index in [4.69, 9.17) is 69.6 Å². The second kappa shape index (κ2) is 18.3. The fraction of sp³-hybridized carbons (Fsp3) is 0.471. The summed E-state index contributed by atoms with van der Waals surface area (Å²) in [6, 6.07) is 21.5. The minimum absolute atomic E-state index is 0.0504.